The molecule has 1 aromatic rings. The molecular formula is C9H11ClN4. The Kier molecular flexibility index (Phi) is 3.66. The molecule has 1 unspecified atom stereocenters. The highest BCUT2D eigenvalue weighted by Gasteiger charge is 2.07. The Hall–Kier alpha value is -1.34. The summed E-state index contributed by atoms with van der Waals surface area (Å²) in [4.78, 5) is 9.87. The van der Waals surface area contributed by atoms with Crippen LogP contribution in [0.25, 0.3) is 0 Å². The number of rotatable bonds is 3. The molecule has 74 valence electrons. The SMILES string of the molecule is CC(C#N)CN(C)c1cnc(Cl)cn1. The van der Waals surface area contributed by atoms with E-state index in [0.717, 1.165) is 5.82 Å². The molecule has 1 rings (SSSR count). The molecule has 0 aliphatic carbocycles. The summed E-state index contributed by atoms with van der Waals surface area (Å²) >= 11 is 5.60. The Morgan fingerprint density at radius 3 is 2.79 bits per heavy atom. The van der Waals surface area contributed by atoms with Gasteiger partial charge in [-0.15, -0.1) is 0 Å². The lowest BCUT2D eigenvalue weighted by atomic mass is 10.2. The van der Waals surface area contributed by atoms with E-state index in [0.29, 0.717) is 11.7 Å². The van der Waals surface area contributed by atoms with Crippen LogP contribution in [0.4, 0.5) is 5.82 Å². The Morgan fingerprint density at radius 1 is 1.57 bits per heavy atom. The summed E-state index contributed by atoms with van der Waals surface area (Å²) in [5.41, 5.74) is 0. The molecule has 5 heteroatoms. The first-order valence-corrected chi connectivity index (χ1v) is 4.59. The number of nitriles is 1. The molecule has 0 saturated carbocycles. The summed E-state index contributed by atoms with van der Waals surface area (Å²) in [5, 5.41) is 9.01. The van der Waals surface area contributed by atoms with Crippen LogP contribution in [0.2, 0.25) is 5.15 Å². The van der Waals surface area contributed by atoms with Gasteiger partial charge in [0.05, 0.1) is 24.4 Å². The van der Waals surface area contributed by atoms with Crippen molar-refractivity contribution in [3.8, 4) is 6.07 Å². The van der Waals surface area contributed by atoms with Gasteiger partial charge in [-0.1, -0.05) is 11.6 Å². The van der Waals surface area contributed by atoms with E-state index < -0.39 is 0 Å². The summed E-state index contributed by atoms with van der Waals surface area (Å²) in [5.74, 6) is 0.689. The molecule has 1 heterocycles. The van der Waals surface area contributed by atoms with Crippen molar-refractivity contribution < 1.29 is 0 Å². The molecule has 0 aliphatic heterocycles. The van der Waals surface area contributed by atoms with E-state index in [-0.39, 0.29) is 5.92 Å². The zero-order valence-corrected chi connectivity index (χ0v) is 8.86. The first kappa shape index (κ1) is 10.7. The number of anilines is 1. The van der Waals surface area contributed by atoms with Crippen molar-refractivity contribution >= 4 is 17.4 Å². The predicted molar refractivity (Wildman–Crippen MR) is 55.1 cm³/mol. The smallest absolute Gasteiger partial charge is 0.147 e. The first-order valence-electron chi connectivity index (χ1n) is 4.21. The van der Waals surface area contributed by atoms with Crippen LogP contribution < -0.4 is 4.90 Å². The third kappa shape index (κ3) is 2.86. The Balaban J connectivity index is 2.66. The van der Waals surface area contributed by atoms with Crippen LogP contribution >= 0.6 is 11.6 Å². The van der Waals surface area contributed by atoms with Crippen molar-refractivity contribution in [1.82, 2.24) is 9.97 Å². The summed E-state index contributed by atoms with van der Waals surface area (Å²) in [6.07, 6.45) is 3.08. The molecule has 14 heavy (non-hydrogen) atoms. The van der Waals surface area contributed by atoms with Crippen LogP contribution in [0.1, 0.15) is 6.92 Å². The van der Waals surface area contributed by atoms with Crippen molar-refractivity contribution in [1.29, 1.82) is 5.26 Å². The van der Waals surface area contributed by atoms with Crippen LogP contribution in [-0.2, 0) is 0 Å². The van der Waals surface area contributed by atoms with Gasteiger partial charge in [0.15, 0.2) is 0 Å². The van der Waals surface area contributed by atoms with Gasteiger partial charge >= 0.3 is 0 Å². The van der Waals surface area contributed by atoms with Crippen LogP contribution in [0.5, 0.6) is 0 Å². The minimum Gasteiger partial charge on any atom is -0.357 e. The second-order valence-electron chi connectivity index (χ2n) is 3.11. The van der Waals surface area contributed by atoms with Gasteiger partial charge in [0.25, 0.3) is 0 Å². The molecular weight excluding hydrogens is 200 g/mol. The topological polar surface area (TPSA) is 52.8 Å². The van der Waals surface area contributed by atoms with Gasteiger partial charge in [-0.05, 0) is 6.92 Å². The number of aromatic nitrogens is 2. The van der Waals surface area contributed by atoms with E-state index in [2.05, 4.69) is 16.0 Å². The van der Waals surface area contributed by atoms with Crippen LogP contribution in [0.15, 0.2) is 12.4 Å². The second kappa shape index (κ2) is 4.77. The molecule has 0 N–H and O–H groups in total. The zero-order chi connectivity index (χ0) is 10.6. The molecule has 0 fully saturated rings. The summed E-state index contributed by atoms with van der Waals surface area (Å²) in [6, 6.07) is 2.16. The molecule has 0 saturated heterocycles. The molecule has 1 aromatic heterocycles. The highest BCUT2D eigenvalue weighted by molar-refractivity contribution is 6.29. The third-order valence-electron chi connectivity index (χ3n) is 1.77. The lowest BCUT2D eigenvalue weighted by molar-refractivity contribution is 0.709. The highest BCUT2D eigenvalue weighted by Crippen LogP contribution is 2.10. The van der Waals surface area contributed by atoms with E-state index in [1.54, 1.807) is 6.20 Å². The summed E-state index contributed by atoms with van der Waals surface area (Å²) in [6.45, 7) is 2.49. The van der Waals surface area contributed by atoms with Crippen LogP contribution in [0, 0.1) is 17.2 Å². The van der Waals surface area contributed by atoms with E-state index in [1.807, 2.05) is 18.9 Å². The van der Waals surface area contributed by atoms with Crippen molar-refractivity contribution in [2.24, 2.45) is 5.92 Å². The lowest BCUT2D eigenvalue weighted by Crippen LogP contribution is -2.24. The fraction of sp³-hybridized carbons (Fsp3) is 0.444. The fourth-order valence-corrected chi connectivity index (χ4v) is 1.15. The van der Waals surface area contributed by atoms with Crippen LogP contribution in [0.3, 0.4) is 0 Å². The van der Waals surface area contributed by atoms with Gasteiger partial charge < -0.3 is 4.90 Å². The molecule has 0 bridgehead atoms. The largest absolute Gasteiger partial charge is 0.357 e. The normalized spacial score (nSPS) is 11.9. The minimum atomic E-state index is -0.0301. The number of hydrogen-bond donors (Lipinski definition) is 0. The van der Waals surface area contributed by atoms with Gasteiger partial charge in [-0.25, -0.2) is 9.97 Å². The maximum atomic E-state index is 8.64. The summed E-state index contributed by atoms with van der Waals surface area (Å²) in [7, 11) is 1.87. The molecule has 0 aliphatic rings. The monoisotopic (exact) mass is 210 g/mol. The van der Waals surface area contributed by atoms with Crippen molar-refractivity contribution in [2.75, 3.05) is 18.5 Å². The minimum absolute atomic E-state index is 0.0301. The third-order valence-corrected chi connectivity index (χ3v) is 1.96. The van der Waals surface area contributed by atoms with Gasteiger partial charge in [-0.3, -0.25) is 0 Å². The Morgan fingerprint density at radius 2 is 2.29 bits per heavy atom. The average molecular weight is 211 g/mol. The van der Waals surface area contributed by atoms with E-state index >= 15 is 0 Å². The van der Waals surface area contributed by atoms with Crippen molar-refractivity contribution in [2.45, 2.75) is 6.92 Å². The number of halogens is 1. The maximum absolute atomic E-state index is 8.64. The number of hydrogen-bond acceptors (Lipinski definition) is 4. The van der Waals surface area contributed by atoms with Gasteiger partial charge in [0, 0.05) is 13.6 Å². The van der Waals surface area contributed by atoms with Gasteiger partial charge in [0.2, 0.25) is 0 Å². The maximum Gasteiger partial charge on any atom is 0.147 e. The summed E-state index contributed by atoms with van der Waals surface area (Å²) < 4.78 is 0. The Bertz CT molecular complexity index is 330. The predicted octanol–water partition coefficient (Wildman–Crippen LogP) is 1.73. The molecule has 1 atom stereocenters. The first-order chi connectivity index (χ1) is 6.63. The zero-order valence-electron chi connectivity index (χ0n) is 8.11. The second-order valence-corrected chi connectivity index (χ2v) is 3.50. The number of nitrogens with zero attached hydrogens (tertiary/aromatic N) is 4. The quantitative estimate of drug-likeness (QED) is 0.763. The highest BCUT2D eigenvalue weighted by atomic mass is 35.5. The molecule has 0 aromatic carbocycles. The molecule has 0 amide bonds. The molecule has 4 nitrogen and oxygen atoms in total. The molecule has 0 radical (unpaired) electrons. The van der Waals surface area contributed by atoms with E-state index in [1.165, 1.54) is 6.20 Å². The van der Waals surface area contributed by atoms with E-state index in [4.69, 9.17) is 16.9 Å². The van der Waals surface area contributed by atoms with Crippen molar-refractivity contribution in [3.05, 3.63) is 17.5 Å². The lowest BCUT2D eigenvalue weighted by Gasteiger charge is -2.18. The molecule has 0 spiro atoms. The standard InChI is InChI=1S/C9H11ClN4/c1-7(3-11)6-14(2)9-5-12-8(10)4-13-9/h4-5,7H,6H2,1-2H3. The van der Waals surface area contributed by atoms with Crippen LogP contribution in [-0.4, -0.2) is 23.6 Å². The van der Waals surface area contributed by atoms with E-state index in [9.17, 15) is 0 Å². The van der Waals surface area contributed by atoms with Crippen molar-refractivity contribution in [3.63, 3.8) is 0 Å². The fourth-order valence-electron chi connectivity index (χ4n) is 1.05. The van der Waals surface area contributed by atoms with Gasteiger partial charge in [-0.2, -0.15) is 5.26 Å². The Labute approximate surface area is 88.2 Å². The van der Waals surface area contributed by atoms with Gasteiger partial charge in [0.1, 0.15) is 11.0 Å². The average Bonchev–Trinajstić information content (AvgIpc) is 2.18.